The Balaban J connectivity index is 1.85. The second-order valence-corrected chi connectivity index (χ2v) is 9.26. The lowest BCUT2D eigenvalue weighted by molar-refractivity contribution is -0.117. The van der Waals surface area contributed by atoms with E-state index in [1.54, 1.807) is 60.7 Å². The van der Waals surface area contributed by atoms with Gasteiger partial charge in [0.15, 0.2) is 5.76 Å². The molecule has 1 unspecified atom stereocenters. The second-order valence-electron chi connectivity index (χ2n) is 6.87. The maximum atomic E-state index is 13.1. The molecule has 1 aliphatic heterocycles. The van der Waals surface area contributed by atoms with Crippen molar-refractivity contribution in [2.75, 3.05) is 4.90 Å². The molecule has 9 heteroatoms. The van der Waals surface area contributed by atoms with Gasteiger partial charge in [-0.25, -0.2) is 4.79 Å². The van der Waals surface area contributed by atoms with Gasteiger partial charge in [-0.2, -0.15) is 0 Å². The highest BCUT2D eigenvalue weighted by atomic mass is 35.5. The van der Waals surface area contributed by atoms with Crippen LogP contribution in [0.1, 0.15) is 22.0 Å². The molecular weight excluding hydrogens is 493 g/mol. The van der Waals surface area contributed by atoms with Gasteiger partial charge in [0.25, 0.3) is 5.91 Å². The zero-order chi connectivity index (χ0) is 23.0. The van der Waals surface area contributed by atoms with E-state index in [0.717, 1.165) is 11.8 Å². The van der Waals surface area contributed by atoms with Crippen LogP contribution in [0.15, 0.2) is 82.3 Å². The summed E-state index contributed by atoms with van der Waals surface area (Å²) in [7, 11) is 0. The molecule has 3 aromatic carbocycles. The largest absolute Gasteiger partial charge is 0.502 e. The minimum atomic E-state index is -1.17. The summed E-state index contributed by atoms with van der Waals surface area (Å²) < 4.78 is 0. The minimum absolute atomic E-state index is 0.0358. The number of hydrogen-bond donors (Lipinski definition) is 2. The Morgan fingerprint density at radius 3 is 2.22 bits per heavy atom. The minimum Gasteiger partial charge on any atom is -0.502 e. The highest BCUT2D eigenvalue weighted by Gasteiger charge is 2.42. The fourth-order valence-electron chi connectivity index (χ4n) is 3.40. The van der Waals surface area contributed by atoms with Crippen molar-refractivity contribution in [3.05, 3.63) is 104 Å². The Labute approximate surface area is 202 Å². The quantitative estimate of drug-likeness (QED) is 0.390. The zero-order valence-corrected chi connectivity index (χ0v) is 19.2. The Morgan fingerprint density at radius 1 is 0.906 bits per heavy atom. The van der Waals surface area contributed by atoms with E-state index in [4.69, 9.17) is 34.8 Å². The van der Waals surface area contributed by atoms with Gasteiger partial charge in [-0.1, -0.05) is 64.8 Å². The van der Waals surface area contributed by atoms with Gasteiger partial charge in [0.05, 0.1) is 16.5 Å². The van der Waals surface area contributed by atoms with E-state index in [1.807, 2.05) is 0 Å². The average molecular weight is 507 g/mol. The molecule has 1 atom stereocenters. The number of carboxylic acid groups (broad SMARTS) is 1. The number of carboxylic acids is 1. The lowest BCUT2D eigenvalue weighted by Crippen LogP contribution is -2.30. The number of halogens is 3. The summed E-state index contributed by atoms with van der Waals surface area (Å²) >= 11 is 19.2. The summed E-state index contributed by atoms with van der Waals surface area (Å²) in [4.78, 5) is 26.9. The van der Waals surface area contributed by atoms with Crippen LogP contribution in [0.5, 0.6) is 0 Å². The van der Waals surface area contributed by atoms with Crippen molar-refractivity contribution >= 4 is 64.1 Å². The Kier molecular flexibility index (Phi) is 6.40. The first-order valence-electron chi connectivity index (χ1n) is 9.24. The van der Waals surface area contributed by atoms with Gasteiger partial charge in [0.1, 0.15) is 0 Å². The number of rotatable bonds is 5. The molecule has 4 rings (SSSR count). The number of benzene rings is 3. The van der Waals surface area contributed by atoms with Crippen LogP contribution in [0.4, 0.5) is 5.69 Å². The molecule has 1 heterocycles. The van der Waals surface area contributed by atoms with Gasteiger partial charge < -0.3 is 10.2 Å². The summed E-state index contributed by atoms with van der Waals surface area (Å²) in [5.41, 5.74) is 1.13. The standard InChI is InChI=1S/C23H14Cl3NO4S/c24-13-6-4-12(5-7-13)19-21(32-18-9-8-15(26)11-17(18)23(30)31)20(28)22(29)27(19)16-3-1-2-14(25)10-16/h1-11,19,28H,(H,30,31). The zero-order valence-electron chi connectivity index (χ0n) is 16.1. The molecule has 5 nitrogen and oxygen atoms in total. The van der Waals surface area contributed by atoms with Crippen molar-refractivity contribution in [3.63, 3.8) is 0 Å². The number of carbonyl (C=O) groups excluding carboxylic acids is 1. The lowest BCUT2D eigenvalue weighted by atomic mass is 10.1. The van der Waals surface area contributed by atoms with E-state index in [9.17, 15) is 19.8 Å². The van der Waals surface area contributed by atoms with Crippen LogP contribution in [0.25, 0.3) is 0 Å². The number of amides is 1. The van der Waals surface area contributed by atoms with E-state index in [-0.39, 0.29) is 15.5 Å². The second kappa shape index (κ2) is 9.08. The predicted octanol–water partition coefficient (Wildman–Crippen LogP) is 6.99. The smallest absolute Gasteiger partial charge is 0.336 e. The lowest BCUT2D eigenvalue weighted by Gasteiger charge is -2.27. The van der Waals surface area contributed by atoms with Crippen LogP contribution in [0.2, 0.25) is 15.1 Å². The van der Waals surface area contributed by atoms with Crippen LogP contribution in [-0.4, -0.2) is 22.1 Å². The highest BCUT2D eigenvalue weighted by molar-refractivity contribution is 8.03. The number of carbonyl (C=O) groups is 2. The number of hydrogen-bond acceptors (Lipinski definition) is 4. The molecule has 162 valence electrons. The number of nitrogens with zero attached hydrogens (tertiary/aromatic N) is 1. The number of aromatic carboxylic acids is 1. The van der Waals surface area contributed by atoms with Gasteiger partial charge >= 0.3 is 5.97 Å². The van der Waals surface area contributed by atoms with Gasteiger partial charge in [-0.3, -0.25) is 9.69 Å². The fourth-order valence-corrected chi connectivity index (χ4v) is 5.05. The number of anilines is 1. The van der Waals surface area contributed by atoms with Crippen molar-refractivity contribution in [2.24, 2.45) is 0 Å². The van der Waals surface area contributed by atoms with Crippen LogP contribution in [0, 0.1) is 0 Å². The Hall–Kier alpha value is -2.64. The molecule has 0 saturated carbocycles. The van der Waals surface area contributed by atoms with E-state index in [2.05, 4.69) is 0 Å². The summed E-state index contributed by atoms with van der Waals surface area (Å²) in [6.45, 7) is 0. The third kappa shape index (κ3) is 4.32. The molecule has 0 saturated heterocycles. The molecule has 0 spiro atoms. The third-order valence-corrected chi connectivity index (χ3v) is 6.76. The van der Waals surface area contributed by atoms with Crippen LogP contribution in [0.3, 0.4) is 0 Å². The molecule has 0 aromatic heterocycles. The van der Waals surface area contributed by atoms with Gasteiger partial charge in [0.2, 0.25) is 0 Å². The van der Waals surface area contributed by atoms with Crippen LogP contribution < -0.4 is 4.90 Å². The summed E-state index contributed by atoms with van der Waals surface area (Å²) in [6.07, 6.45) is 0. The van der Waals surface area contributed by atoms with E-state index in [0.29, 0.717) is 26.2 Å². The maximum Gasteiger partial charge on any atom is 0.336 e. The van der Waals surface area contributed by atoms with Crippen molar-refractivity contribution in [3.8, 4) is 0 Å². The summed E-state index contributed by atoms with van der Waals surface area (Å²) in [5, 5.41) is 21.6. The molecule has 1 aliphatic rings. The van der Waals surface area contributed by atoms with Crippen LogP contribution in [-0.2, 0) is 4.79 Å². The van der Waals surface area contributed by atoms with Gasteiger partial charge in [-0.15, -0.1) is 0 Å². The van der Waals surface area contributed by atoms with Crippen molar-refractivity contribution in [1.29, 1.82) is 0 Å². The SMILES string of the molecule is O=C(O)c1cc(Cl)ccc1SC1=C(O)C(=O)N(c2cccc(Cl)c2)C1c1ccc(Cl)cc1. The molecule has 0 radical (unpaired) electrons. The Bertz CT molecular complexity index is 1260. The van der Waals surface area contributed by atoms with Gasteiger partial charge in [0, 0.05) is 25.7 Å². The van der Waals surface area contributed by atoms with Crippen molar-refractivity contribution in [1.82, 2.24) is 0 Å². The molecular formula is C23H14Cl3NO4S. The third-order valence-electron chi connectivity index (χ3n) is 4.83. The van der Waals surface area contributed by atoms with Crippen molar-refractivity contribution in [2.45, 2.75) is 10.9 Å². The summed E-state index contributed by atoms with van der Waals surface area (Å²) in [5.74, 6) is -2.27. The monoisotopic (exact) mass is 505 g/mol. The first kappa shape index (κ1) is 22.6. The van der Waals surface area contributed by atoms with Crippen LogP contribution >= 0.6 is 46.6 Å². The molecule has 0 bridgehead atoms. The molecule has 0 aliphatic carbocycles. The Morgan fingerprint density at radius 2 is 1.56 bits per heavy atom. The topological polar surface area (TPSA) is 77.8 Å². The molecule has 1 amide bonds. The predicted molar refractivity (Wildman–Crippen MR) is 127 cm³/mol. The molecule has 0 fully saturated rings. The highest BCUT2D eigenvalue weighted by Crippen LogP contribution is 2.48. The van der Waals surface area contributed by atoms with Gasteiger partial charge in [-0.05, 0) is 54.1 Å². The maximum absolute atomic E-state index is 13.1. The van der Waals surface area contributed by atoms with E-state index in [1.165, 1.54) is 11.0 Å². The first-order chi connectivity index (χ1) is 15.3. The summed E-state index contributed by atoms with van der Waals surface area (Å²) in [6, 6.07) is 17.3. The van der Waals surface area contributed by atoms with Crippen molar-refractivity contribution < 1.29 is 19.8 Å². The normalized spacial score (nSPS) is 16.0. The van der Waals surface area contributed by atoms with E-state index < -0.39 is 23.7 Å². The molecule has 32 heavy (non-hydrogen) atoms. The number of aliphatic hydroxyl groups is 1. The molecule has 3 aromatic rings. The first-order valence-corrected chi connectivity index (χ1v) is 11.2. The fraction of sp³-hybridized carbons (Fsp3) is 0.0435. The number of thioether (sulfide) groups is 1. The van der Waals surface area contributed by atoms with E-state index >= 15 is 0 Å². The number of aliphatic hydroxyl groups excluding tert-OH is 1. The molecule has 2 N–H and O–H groups in total. The average Bonchev–Trinajstić information content (AvgIpc) is 3.00.